The third kappa shape index (κ3) is 3.17. The Hall–Kier alpha value is -1.62. The first-order valence-corrected chi connectivity index (χ1v) is 6.44. The Kier molecular flexibility index (Phi) is 3.93. The fourth-order valence-corrected chi connectivity index (χ4v) is 2.25. The lowest BCUT2D eigenvalue weighted by molar-refractivity contribution is -0.124. The molecule has 0 radical (unpaired) electrons. The van der Waals surface area contributed by atoms with E-state index in [-0.39, 0.29) is 11.9 Å². The van der Waals surface area contributed by atoms with Crippen molar-refractivity contribution in [1.82, 2.24) is 15.1 Å². The van der Waals surface area contributed by atoms with Gasteiger partial charge in [0, 0.05) is 23.8 Å². The molecular formula is C12H15N3OS. The van der Waals surface area contributed by atoms with Crippen LogP contribution in [0.2, 0.25) is 0 Å². The molecule has 17 heavy (non-hydrogen) atoms. The number of nitrogens with zero attached hydrogens (tertiary/aromatic N) is 2. The highest BCUT2D eigenvalue weighted by Gasteiger charge is 2.13. The van der Waals surface area contributed by atoms with Gasteiger partial charge >= 0.3 is 0 Å². The second-order valence-electron chi connectivity index (χ2n) is 3.78. The number of thiophene rings is 1. The highest BCUT2D eigenvalue weighted by atomic mass is 32.1. The molecule has 2 aromatic rings. The minimum absolute atomic E-state index is 0.00487. The van der Waals surface area contributed by atoms with Crippen molar-refractivity contribution in [3.05, 3.63) is 40.8 Å². The first-order chi connectivity index (χ1) is 8.27. The van der Waals surface area contributed by atoms with E-state index in [1.54, 1.807) is 28.4 Å². The average Bonchev–Trinajstić information content (AvgIpc) is 3.00. The van der Waals surface area contributed by atoms with Gasteiger partial charge in [0.2, 0.25) is 5.91 Å². The summed E-state index contributed by atoms with van der Waals surface area (Å²) in [5, 5.41) is 9.01. The van der Waals surface area contributed by atoms with E-state index < -0.39 is 0 Å². The number of amides is 1. The lowest BCUT2D eigenvalue weighted by Gasteiger charge is -2.12. The largest absolute Gasteiger partial charge is 0.354 e. The molecule has 2 heterocycles. The van der Waals surface area contributed by atoms with E-state index in [2.05, 4.69) is 16.5 Å². The summed E-state index contributed by atoms with van der Waals surface area (Å²) in [6.45, 7) is 2.51. The van der Waals surface area contributed by atoms with E-state index in [1.165, 1.54) is 4.88 Å². The maximum absolute atomic E-state index is 11.8. The van der Waals surface area contributed by atoms with Crippen LogP contribution in [0.15, 0.2) is 36.0 Å². The van der Waals surface area contributed by atoms with E-state index in [1.807, 2.05) is 24.4 Å². The molecule has 0 unspecified atom stereocenters. The summed E-state index contributed by atoms with van der Waals surface area (Å²) in [6.07, 6.45) is 4.36. The average molecular weight is 249 g/mol. The Labute approximate surface area is 104 Å². The second-order valence-corrected chi connectivity index (χ2v) is 4.81. The lowest BCUT2D eigenvalue weighted by atomic mass is 10.3. The van der Waals surface area contributed by atoms with Crippen molar-refractivity contribution in [2.45, 2.75) is 19.4 Å². The van der Waals surface area contributed by atoms with Gasteiger partial charge in [0.05, 0.1) is 0 Å². The molecule has 0 fully saturated rings. The summed E-state index contributed by atoms with van der Waals surface area (Å²) in [6, 6.07) is 5.66. The zero-order valence-electron chi connectivity index (χ0n) is 9.67. The fourth-order valence-electron chi connectivity index (χ4n) is 1.54. The van der Waals surface area contributed by atoms with Crippen molar-refractivity contribution in [3.63, 3.8) is 0 Å². The summed E-state index contributed by atoms with van der Waals surface area (Å²) >= 11 is 1.71. The third-order valence-corrected chi connectivity index (χ3v) is 3.49. The number of nitrogens with one attached hydrogen (secondary N) is 1. The second kappa shape index (κ2) is 5.63. The van der Waals surface area contributed by atoms with Crippen LogP contribution < -0.4 is 5.32 Å². The topological polar surface area (TPSA) is 46.9 Å². The SMILES string of the molecule is C[C@H](C(=O)NCCc1cccs1)n1cccn1. The molecule has 4 nitrogen and oxygen atoms in total. The van der Waals surface area contributed by atoms with Crippen molar-refractivity contribution in [3.8, 4) is 0 Å². The van der Waals surface area contributed by atoms with Crippen molar-refractivity contribution in [2.24, 2.45) is 0 Å². The Morgan fingerprint density at radius 3 is 3.12 bits per heavy atom. The summed E-state index contributed by atoms with van der Waals surface area (Å²) < 4.78 is 1.65. The molecule has 1 N–H and O–H groups in total. The Morgan fingerprint density at radius 1 is 1.59 bits per heavy atom. The van der Waals surface area contributed by atoms with Gasteiger partial charge in [0.25, 0.3) is 0 Å². The number of carbonyl (C=O) groups excluding carboxylic acids is 1. The van der Waals surface area contributed by atoms with E-state index >= 15 is 0 Å². The highest BCUT2D eigenvalue weighted by Crippen LogP contribution is 2.08. The molecule has 90 valence electrons. The first kappa shape index (κ1) is 11.9. The van der Waals surface area contributed by atoms with Crippen LogP contribution in [-0.2, 0) is 11.2 Å². The molecule has 0 saturated heterocycles. The molecule has 0 saturated carbocycles. The van der Waals surface area contributed by atoms with E-state index in [9.17, 15) is 4.79 Å². The van der Waals surface area contributed by atoms with Gasteiger partial charge < -0.3 is 5.32 Å². The molecule has 0 spiro atoms. The summed E-state index contributed by atoms with van der Waals surface area (Å²) in [4.78, 5) is 13.1. The Morgan fingerprint density at radius 2 is 2.47 bits per heavy atom. The Bertz CT molecular complexity index is 450. The molecule has 1 atom stereocenters. The van der Waals surface area contributed by atoms with Crippen molar-refractivity contribution in [2.75, 3.05) is 6.54 Å². The predicted octanol–water partition coefficient (Wildman–Crippen LogP) is 1.86. The van der Waals surface area contributed by atoms with Gasteiger partial charge in [-0.3, -0.25) is 9.48 Å². The minimum Gasteiger partial charge on any atom is -0.354 e. The molecular weight excluding hydrogens is 234 g/mol. The maximum atomic E-state index is 11.8. The quantitative estimate of drug-likeness (QED) is 0.879. The van der Waals surface area contributed by atoms with Crippen LogP contribution in [0, 0.1) is 0 Å². The molecule has 0 aromatic carbocycles. The van der Waals surface area contributed by atoms with Crippen LogP contribution in [0.3, 0.4) is 0 Å². The van der Waals surface area contributed by atoms with Gasteiger partial charge in [0.1, 0.15) is 6.04 Å². The van der Waals surface area contributed by atoms with Crippen molar-refractivity contribution >= 4 is 17.2 Å². The van der Waals surface area contributed by atoms with Gasteiger partial charge in [0.15, 0.2) is 0 Å². The van der Waals surface area contributed by atoms with E-state index in [4.69, 9.17) is 0 Å². The smallest absolute Gasteiger partial charge is 0.244 e. The number of aromatic nitrogens is 2. The first-order valence-electron chi connectivity index (χ1n) is 5.56. The van der Waals surface area contributed by atoms with Crippen LogP contribution in [0.1, 0.15) is 17.8 Å². The van der Waals surface area contributed by atoms with Gasteiger partial charge in [-0.15, -0.1) is 11.3 Å². The molecule has 5 heteroatoms. The van der Waals surface area contributed by atoms with Gasteiger partial charge in [-0.05, 0) is 30.9 Å². The summed E-state index contributed by atoms with van der Waals surface area (Å²) in [5.41, 5.74) is 0. The zero-order valence-corrected chi connectivity index (χ0v) is 10.5. The fraction of sp³-hybridized carbons (Fsp3) is 0.333. The molecule has 0 aliphatic heterocycles. The maximum Gasteiger partial charge on any atom is 0.244 e. The van der Waals surface area contributed by atoms with Crippen LogP contribution in [0.25, 0.3) is 0 Å². The minimum atomic E-state index is -0.256. The highest BCUT2D eigenvalue weighted by molar-refractivity contribution is 7.09. The molecule has 0 aliphatic rings. The number of hydrogen-bond acceptors (Lipinski definition) is 3. The molecule has 0 aliphatic carbocycles. The van der Waals surface area contributed by atoms with Crippen molar-refractivity contribution in [1.29, 1.82) is 0 Å². The zero-order chi connectivity index (χ0) is 12.1. The molecule has 1 amide bonds. The summed E-state index contributed by atoms with van der Waals surface area (Å²) in [5.74, 6) is 0.00487. The molecule has 0 bridgehead atoms. The molecule has 2 aromatic heterocycles. The van der Waals surface area contributed by atoms with Crippen LogP contribution in [0.4, 0.5) is 0 Å². The monoisotopic (exact) mass is 249 g/mol. The Balaban J connectivity index is 1.77. The number of hydrogen-bond donors (Lipinski definition) is 1. The number of carbonyl (C=O) groups is 1. The van der Waals surface area contributed by atoms with E-state index in [0.717, 1.165) is 6.42 Å². The van der Waals surface area contributed by atoms with Crippen LogP contribution in [-0.4, -0.2) is 22.2 Å². The standard InChI is InChI=1S/C12H15N3OS/c1-10(15-8-3-6-14-15)12(16)13-7-5-11-4-2-9-17-11/h2-4,6,8-10H,5,7H2,1H3,(H,13,16)/t10-/m1/s1. The van der Waals surface area contributed by atoms with Gasteiger partial charge in [-0.1, -0.05) is 6.07 Å². The van der Waals surface area contributed by atoms with Crippen LogP contribution >= 0.6 is 11.3 Å². The van der Waals surface area contributed by atoms with Crippen LogP contribution in [0.5, 0.6) is 0 Å². The van der Waals surface area contributed by atoms with Gasteiger partial charge in [-0.2, -0.15) is 5.10 Å². The normalized spacial score (nSPS) is 12.3. The van der Waals surface area contributed by atoms with Gasteiger partial charge in [-0.25, -0.2) is 0 Å². The third-order valence-electron chi connectivity index (χ3n) is 2.55. The van der Waals surface area contributed by atoms with E-state index in [0.29, 0.717) is 6.54 Å². The molecule has 2 rings (SSSR count). The predicted molar refractivity (Wildman–Crippen MR) is 68.0 cm³/mol. The van der Waals surface area contributed by atoms with Crippen molar-refractivity contribution < 1.29 is 4.79 Å². The summed E-state index contributed by atoms with van der Waals surface area (Å²) in [7, 11) is 0. The number of rotatable bonds is 5. The lowest BCUT2D eigenvalue weighted by Crippen LogP contribution is -2.32.